The van der Waals surface area contributed by atoms with Gasteiger partial charge in [0.2, 0.25) is 11.7 Å². The van der Waals surface area contributed by atoms with Crippen LogP contribution in [0.3, 0.4) is 0 Å². The number of tetrazole rings is 1. The molecule has 27 heavy (non-hydrogen) atoms. The number of amides is 1. The lowest BCUT2D eigenvalue weighted by Crippen LogP contribution is -2.38. The molecule has 7 heteroatoms. The van der Waals surface area contributed by atoms with E-state index in [9.17, 15) is 4.79 Å². The molecule has 0 spiro atoms. The van der Waals surface area contributed by atoms with Gasteiger partial charge in [-0.1, -0.05) is 24.3 Å². The monoisotopic (exact) mass is 363 g/mol. The highest BCUT2D eigenvalue weighted by atomic mass is 16.5. The van der Waals surface area contributed by atoms with E-state index in [1.54, 1.807) is 0 Å². The highest BCUT2D eigenvalue weighted by Crippen LogP contribution is 2.20. The van der Waals surface area contributed by atoms with Gasteiger partial charge in [-0.15, -0.1) is 10.2 Å². The minimum Gasteiger partial charge on any atom is -0.494 e. The number of hydrogen-bond acceptors (Lipinski definition) is 5. The van der Waals surface area contributed by atoms with Crippen molar-refractivity contribution in [2.75, 3.05) is 13.2 Å². The summed E-state index contributed by atoms with van der Waals surface area (Å²) in [5.74, 6) is 1.30. The first-order chi connectivity index (χ1) is 13.2. The Morgan fingerprint density at radius 2 is 1.89 bits per heavy atom. The Hall–Kier alpha value is -3.22. The highest BCUT2D eigenvalue weighted by Gasteiger charge is 2.21. The van der Waals surface area contributed by atoms with E-state index in [0.717, 1.165) is 24.3 Å². The van der Waals surface area contributed by atoms with Gasteiger partial charge in [-0.25, -0.2) is 0 Å². The van der Waals surface area contributed by atoms with E-state index >= 15 is 0 Å². The van der Waals surface area contributed by atoms with Crippen LogP contribution in [0, 0.1) is 0 Å². The van der Waals surface area contributed by atoms with Crippen LogP contribution in [0.25, 0.3) is 11.4 Å². The van der Waals surface area contributed by atoms with Gasteiger partial charge in [-0.05, 0) is 54.0 Å². The van der Waals surface area contributed by atoms with Crippen LogP contribution in [-0.2, 0) is 24.3 Å². The minimum atomic E-state index is 0.000136. The quantitative estimate of drug-likeness (QED) is 0.696. The summed E-state index contributed by atoms with van der Waals surface area (Å²) in [6.45, 7) is 4.01. The largest absolute Gasteiger partial charge is 0.494 e. The van der Waals surface area contributed by atoms with Gasteiger partial charge >= 0.3 is 0 Å². The predicted molar refractivity (Wildman–Crippen MR) is 100.0 cm³/mol. The Labute approximate surface area is 157 Å². The summed E-state index contributed by atoms with van der Waals surface area (Å²) in [5, 5.41) is 12.4. The van der Waals surface area contributed by atoms with Gasteiger partial charge in [0.15, 0.2) is 0 Å². The summed E-state index contributed by atoms with van der Waals surface area (Å²) in [6, 6.07) is 15.8. The van der Waals surface area contributed by atoms with Crippen LogP contribution in [0.2, 0.25) is 0 Å². The van der Waals surface area contributed by atoms with Crippen molar-refractivity contribution >= 4 is 5.91 Å². The average molecular weight is 363 g/mol. The molecule has 1 amide bonds. The summed E-state index contributed by atoms with van der Waals surface area (Å²) >= 11 is 0. The normalized spacial score (nSPS) is 13.3. The van der Waals surface area contributed by atoms with Gasteiger partial charge in [-0.3, -0.25) is 4.79 Å². The number of carbonyl (C=O) groups is 1. The van der Waals surface area contributed by atoms with E-state index in [4.69, 9.17) is 4.74 Å². The molecule has 2 heterocycles. The molecule has 1 aromatic heterocycles. The maximum Gasteiger partial charge on any atom is 0.246 e. The van der Waals surface area contributed by atoms with Crippen molar-refractivity contribution in [2.24, 2.45) is 0 Å². The van der Waals surface area contributed by atoms with Gasteiger partial charge in [0, 0.05) is 18.7 Å². The number of rotatable bonds is 5. The van der Waals surface area contributed by atoms with E-state index in [1.165, 1.54) is 15.9 Å². The van der Waals surface area contributed by atoms with Crippen LogP contribution in [0.1, 0.15) is 18.1 Å². The molecular weight excluding hydrogens is 342 g/mol. The van der Waals surface area contributed by atoms with Gasteiger partial charge in [-0.2, -0.15) is 4.80 Å². The molecule has 7 nitrogen and oxygen atoms in total. The second-order valence-corrected chi connectivity index (χ2v) is 6.43. The lowest BCUT2D eigenvalue weighted by Gasteiger charge is -2.28. The Morgan fingerprint density at radius 3 is 2.67 bits per heavy atom. The first-order valence-corrected chi connectivity index (χ1v) is 9.08. The Balaban J connectivity index is 1.41. The van der Waals surface area contributed by atoms with Crippen LogP contribution in [0.15, 0.2) is 48.5 Å². The third-order valence-corrected chi connectivity index (χ3v) is 4.64. The molecule has 0 unspecified atom stereocenters. The second kappa shape index (κ2) is 7.57. The van der Waals surface area contributed by atoms with E-state index in [1.807, 2.05) is 48.2 Å². The van der Waals surface area contributed by atoms with Crippen molar-refractivity contribution in [1.29, 1.82) is 0 Å². The van der Waals surface area contributed by atoms with Gasteiger partial charge in [0.25, 0.3) is 0 Å². The lowest BCUT2D eigenvalue weighted by atomic mass is 10.00. The fourth-order valence-electron chi connectivity index (χ4n) is 3.22. The third kappa shape index (κ3) is 3.81. The van der Waals surface area contributed by atoms with E-state index in [2.05, 4.69) is 27.5 Å². The predicted octanol–water partition coefficient (Wildman–Crippen LogP) is 2.32. The zero-order valence-corrected chi connectivity index (χ0v) is 15.2. The molecule has 138 valence electrons. The first kappa shape index (κ1) is 17.2. The second-order valence-electron chi connectivity index (χ2n) is 6.43. The van der Waals surface area contributed by atoms with Crippen molar-refractivity contribution in [3.05, 3.63) is 59.7 Å². The number of carbonyl (C=O) groups excluding carboxylic acids is 1. The number of benzene rings is 2. The summed E-state index contributed by atoms with van der Waals surface area (Å²) in [4.78, 5) is 15.8. The zero-order chi connectivity index (χ0) is 18.6. The van der Waals surface area contributed by atoms with Crippen LogP contribution in [0.4, 0.5) is 0 Å². The Bertz CT molecular complexity index is 936. The maximum absolute atomic E-state index is 12.6. The van der Waals surface area contributed by atoms with Crippen molar-refractivity contribution in [3.63, 3.8) is 0 Å². The number of hydrogen-bond donors (Lipinski definition) is 0. The molecule has 0 fully saturated rings. The van der Waals surface area contributed by atoms with Crippen LogP contribution in [-0.4, -0.2) is 44.2 Å². The minimum absolute atomic E-state index is 0.000136. The molecule has 0 bridgehead atoms. The van der Waals surface area contributed by atoms with E-state index in [-0.39, 0.29) is 12.5 Å². The molecular formula is C20H21N5O2. The van der Waals surface area contributed by atoms with Crippen LogP contribution in [0.5, 0.6) is 5.75 Å². The molecule has 0 saturated carbocycles. The summed E-state index contributed by atoms with van der Waals surface area (Å²) in [5.41, 5.74) is 3.36. The lowest BCUT2D eigenvalue weighted by molar-refractivity contribution is -0.133. The topological polar surface area (TPSA) is 73.1 Å². The fraction of sp³-hybridized carbons (Fsp3) is 0.300. The molecule has 2 aromatic carbocycles. The number of ether oxygens (including phenoxy) is 1. The van der Waals surface area contributed by atoms with Crippen LogP contribution >= 0.6 is 0 Å². The summed E-state index contributed by atoms with van der Waals surface area (Å²) in [7, 11) is 0. The van der Waals surface area contributed by atoms with E-state index in [0.29, 0.717) is 19.0 Å². The fourth-order valence-corrected chi connectivity index (χ4v) is 3.22. The molecule has 4 rings (SSSR count). The Kier molecular flexibility index (Phi) is 4.82. The van der Waals surface area contributed by atoms with Gasteiger partial charge in [0.05, 0.1) is 6.61 Å². The molecule has 3 aromatic rings. The maximum atomic E-state index is 12.6. The summed E-state index contributed by atoms with van der Waals surface area (Å²) < 4.78 is 5.43. The van der Waals surface area contributed by atoms with Crippen molar-refractivity contribution in [3.8, 4) is 17.1 Å². The van der Waals surface area contributed by atoms with Gasteiger partial charge in [0.1, 0.15) is 12.3 Å². The van der Waals surface area contributed by atoms with Crippen molar-refractivity contribution in [2.45, 2.75) is 26.4 Å². The standard InChI is InChI=1S/C20H21N5O2/c1-2-27-18-9-7-16(8-10-18)20-21-23-25(22-20)14-19(26)24-12-11-15-5-3-4-6-17(15)13-24/h3-10H,2,11-14H2,1H3. The molecule has 0 N–H and O–H groups in total. The Morgan fingerprint density at radius 1 is 1.11 bits per heavy atom. The number of aromatic nitrogens is 4. The SMILES string of the molecule is CCOc1ccc(-c2nnn(CC(=O)N3CCc4ccccc4C3)n2)cc1. The molecule has 0 aliphatic carbocycles. The zero-order valence-electron chi connectivity index (χ0n) is 15.2. The molecule has 0 radical (unpaired) electrons. The highest BCUT2D eigenvalue weighted by molar-refractivity contribution is 5.76. The smallest absolute Gasteiger partial charge is 0.246 e. The number of nitrogens with zero attached hydrogens (tertiary/aromatic N) is 5. The molecule has 0 atom stereocenters. The van der Waals surface area contributed by atoms with Crippen LogP contribution < -0.4 is 4.74 Å². The molecule has 1 aliphatic heterocycles. The van der Waals surface area contributed by atoms with Crippen molar-refractivity contribution in [1.82, 2.24) is 25.1 Å². The van der Waals surface area contributed by atoms with E-state index < -0.39 is 0 Å². The van der Waals surface area contributed by atoms with Gasteiger partial charge < -0.3 is 9.64 Å². The summed E-state index contributed by atoms with van der Waals surface area (Å²) in [6.07, 6.45) is 0.879. The molecule has 0 saturated heterocycles. The van der Waals surface area contributed by atoms with Crippen molar-refractivity contribution < 1.29 is 9.53 Å². The molecule has 1 aliphatic rings. The third-order valence-electron chi connectivity index (χ3n) is 4.64. The number of fused-ring (bicyclic) bond motifs is 1. The first-order valence-electron chi connectivity index (χ1n) is 9.08. The average Bonchev–Trinajstić information content (AvgIpc) is 3.17.